The summed E-state index contributed by atoms with van der Waals surface area (Å²) >= 11 is 6.42. The van der Waals surface area contributed by atoms with E-state index in [-0.39, 0.29) is 29.4 Å². The first-order chi connectivity index (χ1) is 17.0. The maximum atomic E-state index is 13.6. The number of aryl methyl sites for hydroxylation is 1. The summed E-state index contributed by atoms with van der Waals surface area (Å²) < 4.78 is 24.1. The number of hydrogen-bond donors (Lipinski definition) is 3. The fraction of sp³-hybridized carbons (Fsp3) is 0.240. The largest absolute Gasteiger partial charge is 0.369 e. The molecule has 9 nitrogen and oxygen atoms in total. The van der Waals surface area contributed by atoms with Crippen LogP contribution in [-0.2, 0) is 20.2 Å². The van der Waals surface area contributed by atoms with Crippen LogP contribution in [0, 0.1) is 6.92 Å². The summed E-state index contributed by atoms with van der Waals surface area (Å²) in [6.45, 7) is 2.41. The van der Waals surface area contributed by atoms with Gasteiger partial charge in [0.15, 0.2) is 5.03 Å². The van der Waals surface area contributed by atoms with Gasteiger partial charge >= 0.3 is 0 Å². The van der Waals surface area contributed by atoms with E-state index in [1.54, 1.807) is 11.0 Å². The normalized spacial score (nSPS) is 15.4. The maximum Gasteiger partial charge on any atom is 0.257 e. The third-order valence-electron chi connectivity index (χ3n) is 6.48. The first kappa shape index (κ1) is 25.6. The predicted molar refractivity (Wildman–Crippen MR) is 138 cm³/mol. The van der Waals surface area contributed by atoms with Gasteiger partial charge < -0.3 is 16.0 Å². The Labute approximate surface area is 214 Å². The van der Waals surface area contributed by atoms with E-state index < -0.39 is 32.3 Å². The van der Waals surface area contributed by atoms with Crippen LogP contribution >= 0.6 is 11.6 Å². The van der Waals surface area contributed by atoms with Gasteiger partial charge in [0, 0.05) is 25.0 Å². The highest BCUT2D eigenvalue weighted by Gasteiger charge is 2.42. The van der Waals surface area contributed by atoms with E-state index in [0.717, 1.165) is 17.3 Å². The van der Waals surface area contributed by atoms with Crippen molar-refractivity contribution >= 4 is 44.8 Å². The number of primary amides is 1. The van der Waals surface area contributed by atoms with Crippen molar-refractivity contribution < 1.29 is 18.0 Å². The Bertz CT molecular complexity index is 1420. The van der Waals surface area contributed by atoms with Crippen molar-refractivity contribution in [3.05, 3.63) is 82.5 Å². The van der Waals surface area contributed by atoms with Crippen LogP contribution in [0.25, 0.3) is 0 Å². The van der Waals surface area contributed by atoms with Crippen LogP contribution < -0.4 is 16.2 Å². The highest BCUT2D eigenvalue weighted by molar-refractivity contribution is 7.89. The molecule has 0 bridgehead atoms. The van der Waals surface area contributed by atoms with Gasteiger partial charge in [0.2, 0.25) is 5.91 Å². The number of nitrogens with two attached hydrogens (primary N) is 2. The fourth-order valence-corrected chi connectivity index (χ4v) is 5.59. The second-order valence-electron chi connectivity index (χ2n) is 8.81. The molecule has 0 aliphatic carbocycles. The number of likely N-dealkylation sites (tertiary alicyclic amines) is 1. The monoisotopic (exact) mass is 527 g/mol. The van der Waals surface area contributed by atoms with Gasteiger partial charge in [-0.15, -0.1) is 0 Å². The summed E-state index contributed by atoms with van der Waals surface area (Å²) in [7, 11) is -4.24. The van der Waals surface area contributed by atoms with Crippen molar-refractivity contribution in [2.75, 3.05) is 18.4 Å². The van der Waals surface area contributed by atoms with E-state index in [1.165, 1.54) is 0 Å². The van der Waals surface area contributed by atoms with Crippen LogP contribution in [0.2, 0.25) is 5.02 Å². The maximum absolute atomic E-state index is 13.6. The smallest absolute Gasteiger partial charge is 0.257 e. The number of benzene rings is 2. The first-order valence-electron chi connectivity index (χ1n) is 11.2. The molecule has 11 heteroatoms. The number of halogens is 1. The number of rotatable bonds is 6. The van der Waals surface area contributed by atoms with E-state index in [4.69, 9.17) is 22.5 Å². The molecule has 0 unspecified atom stereocenters. The molecular formula is C25H26ClN5O4S. The SMILES string of the molecule is Cc1cccc(Nc2c(C(=O)N3CCC(C(N)=O)(c4ccccc4)CC3)cnc(S(N)(=O)=O)c2Cl)c1. The van der Waals surface area contributed by atoms with Crippen LogP contribution in [0.4, 0.5) is 11.4 Å². The summed E-state index contributed by atoms with van der Waals surface area (Å²) in [6, 6.07) is 16.6. The number of pyridine rings is 1. The number of anilines is 2. The Morgan fingerprint density at radius 3 is 2.33 bits per heavy atom. The zero-order valence-corrected chi connectivity index (χ0v) is 21.1. The van der Waals surface area contributed by atoms with Gasteiger partial charge in [0.05, 0.1) is 16.7 Å². The minimum atomic E-state index is -4.24. The highest BCUT2D eigenvalue weighted by Crippen LogP contribution is 2.38. The number of primary sulfonamides is 1. The van der Waals surface area contributed by atoms with Crippen LogP contribution in [0.5, 0.6) is 0 Å². The molecule has 5 N–H and O–H groups in total. The van der Waals surface area contributed by atoms with Crippen LogP contribution in [0.15, 0.2) is 65.8 Å². The van der Waals surface area contributed by atoms with Crippen molar-refractivity contribution in [3.63, 3.8) is 0 Å². The molecule has 36 heavy (non-hydrogen) atoms. The summed E-state index contributed by atoms with van der Waals surface area (Å²) in [5.41, 5.74) is 7.47. The zero-order chi connectivity index (χ0) is 26.1. The van der Waals surface area contributed by atoms with Crippen LogP contribution in [-0.4, -0.2) is 43.2 Å². The molecule has 1 aliphatic rings. The van der Waals surface area contributed by atoms with Crippen LogP contribution in [0.1, 0.15) is 34.3 Å². The topological polar surface area (TPSA) is 148 Å². The summed E-state index contributed by atoms with van der Waals surface area (Å²) in [6.07, 6.45) is 1.84. The second kappa shape index (κ2) is 9.88. The summed E-state index contributed by atoms with van der Waals surface area (Å²) in [5.74, 6) is -0.850. The number of aromatic nitrogens is 1. The molecule has 1 aliphatic heterocycles. The molecule has 2 amide bonds. The second-order valence-corrected chi connectivity index (χ2v) is 10.7. The highest BCUT2D eigenvalue weighted by atomic mass is 35.5. The number of piperidine rings is 1. The van der Waals surface area contributed by atoms with E-state index in [0.29, 0.717) is 18.5 Å². The molecule has 0 spiro atoms. The molecular weight excluding hydrogens is 502 g/mol. The number of carbonyl (C=O) groups excluding carboxylic acids is 2. The first-order valence-corrected chi connectivity index (χ1v) is 13.1. The molecule has 1 aromatic heterocycles. The number of nitrogens with one attached hydrogen (secondary N) is 1. The van der Waals surface area contributed by atoms with Crippen LogP contribution in [0.3, 0.4) is 0 Å². The number of sulfonamides is 1. The molecule has 0 atom stereocenters. The Kier molecular flexibility index (Phi) is 7.03. The fourth-order valence-electron chi connectivity index (χ4n) is 4.52. The Morgan fingerprint density at radius 2 is 1.75 bits per heavy atom. The molecule has 1 fully saturated rings. The number of hydrogen-bond acceptors (Lipinski definition) is 6. The molecule has 188 valence electrons. The Hall–Kier alpha value is -3.47. The van der Waals surface area contributed by atoms with Gasteiger partial charge in [-0.05, 0) is 43.0 Å². The van der Waals surface area contributed by atoms with E-state index in [2.05, 4.69) is 10.3 Å². The quantitative estimate of drug-likeness (QED) is 0.448. The number of carbonyl (C=O) groups is 2. The van der Waals surface area contributed by atoms with Crippen molar-refractivity contribution in [1.82, 2.24) is 9.88 Å². The minimum absolute atomic E-state index is 0.0835. The van der Waals surface area contributed by atoms with E-state index in [9.17, 15) is 18.0 Å². The lowest BCUT2D eigenvalue weighted by atomic mass is 9.72. The standard InChI is InChI=1S/C25H26ClN5O4S/c1-16-6-5-9-18(14-16)30-21-19(15-29-22(20(21)26)36(28,34)35)23(32)31-12-10-25(11-13-31,24(27)33)17-7-3-2-4-8-17/h2-9,14-15H,10-13H2,1H3,(H2,27,33)(H,29,30)(H2,28,34,35). The van der Waals surface area contributed by atoms with Crippen molar-refractivity contribution in [1.29, 1.82) is 0 Å². The average molecular weight is 528 g/mol. The summed E-state index contributed by atoms with van der Waals surface area (Å²) in [4.78, 5) is 31.6. The Balaban J connectivity index is 1.68. The lowest BCUT2D eigenvalue weighted by Gasteiger charge is -2.40. The summed E-state index contributed by atoms with van der Waals surface area (Å²) in [5, 5.41) is 7.53. The van der Waals surface area contributed by atoms with Gasteiger partial charge in [0.1, 0.15) is 5.02 Å². The number of amides is 2. The van der Waals surface area contributed by atoms with Crippen molar-refractivity contribution in [3.8, 4) is 0 Å². The molecule has 2 aromatic carbocycles. The zero-order valence-electron chi connectivity index (χ0n) is 19.6. The third kappa shape index (κ3) is 4.92. The van der Waals surface area contributed by atoms with E-state index >= 15 is 0 Å². The third-order valence-corrected chi connectivity index (χ3v) is 7.81. The lowest BCUT2D eigenvalue weighted by molar-refractivity contribution is -0.125. The number of nitrogens with zero attached hydrogens (tertiary/aromatic N) is 2. The molecule has 2 heterocycles. The lowest BCUT2D eigenvalue weighted by Crippen LogP contribution is -2.51. The van der Waals surface area contributed by atoms with Gasteiger partial charge in [0.25, 0.3) is 15.9 Å². The predicted octanol–water partition coefficient (Wildman–Crippen LogP) is 3.09. The molecule has 0 saturated carbocycles. The van der Waals surface area contributed by atoms with Gasteiger partial charge in [-0.2, -0.15) is 0 Å². The van der Waals surface area contributed by atoms with Gasteiger partial charge in [-0.3, -0.25) is 9.59 Å². The minimum Gasteiger partial charge on any atom is -0.369 e. The van der Waals surface area contributed by atoms with Gasteiger partial charge in [-0.25, -0.2) is 18.5 Å². The molecule has 4 rings (SSSR count). The Morgan fingerprint density at radius 1 is 1.08 bits per heavy atom. The van der Waals surface area contributed by atoms with Crippen molar-refractivity contribution in [2.45, 2.75) is 30.2 Å². The van der Waals surface area contributed by atoms with Gasteiger partial charge in [-0.1, -0.05) is 54.1 Å². The molecule has 3 aromatic rings. The molecule has 0 radical (unpaired) electrons. The van der Waals surface area contributed by atoms with Crippen molar-refractivity contribution in [2.24, 2.45) is 10.9 Å². The van der Waals surface area contributed by atoms with E-state index in [1.807, 2.05) is 55.5 Å². The average Bonchev–Trinajstić information content (AvgIpc) is 2.84. The molecule has 1 saturated heterocycles.